The number of dihydropyridines is 1. The number of allylic oxidation sites excluding steroid dienone is 2. The summed E-state index contributed by atoms with van der Waals surface area (Å²) >= 11 is 1.28. The topological polar surface area (TPSA) is 140 Å². The highest BCUT2D eigenvalue weighted by molar-refractivity contribution is 7.99. The van der Waals surface area contributed by atoms with Gasteiger partial charge in [-0.25, -0.2) is 4.79 Å². The lowest BCUT2D eigenvalue weighted by Crippen LogP contribution is -2.61. The number of carboxylic acid groups (broad SMARTS) is 1. The van der Waals surface area contributed by atoms with Crippen molar-refractivity contribution in [3.8, 4) is 0 Å². The summed E-state index contributed by atoms with van der Waals surface area (Å²) in [5, 5.41) is 16.3. The number of amides is 1. The molecule has 40 heavy (non-hydrogen) atoms. The molecule has 0 saturated carbocycles. The second kappa shape index (κ2) is 11.3. The van der Waals surface area contributed by atoms with Crippen molar-refractivity contribution in [2.24, 2.45) is 10.3 Å². The molecule has 1 aromatic heterocycles. The highest BCUT2D eigenvalue weighted by Gasteiger charge is 2.46. The SMILES string of the molecule is CCOC[C@@H](C)NC(=O)C1CN(C2=CC(C)=C3C(=O)C(C(=O)O)=CN(C4SN=C(c5cccnc5)N4C)C3N2)C1. The molecule has 2 unspecified atom stereocenters. The van der Waals surface area contributed by atoms with Crippen LogP contribution in [0.5, 0.6) is 0 Å². The summed E-state index contributed by atoms with van der Waals surface area (Å²) in [4.78, 5) is 48.0. The van der Waals surface area contributed by atoms with Gasteiger partial charge in [-0.15, -0.1) is 0 Å². The Hall–Kier alpha value is -3.84. The number of nitrogens with one attached hydrogen (secondary N) is 2. The Balaban J connectivity index is 1.34. The van der Waals surface area contributed by atoms with E-state index in [1.165, 1.54) is 18.1 Å². The number of likely N-dealkylation sites (tertiary alicyclic amines) is 1. The van der Waals surface area contributed by atoms with E-state index >= 15 is 0 Å². The number of pyridine rings is 1. The number of hydrogen-bond acceptors (Lipinski definition) is 11. The van der Waals surface area contributed by atoms with Gasteiger partial charge in [0.2, 0.25) is 11.7 Å². The van der Waals surface area contributed by atoms with Crippen LogP contribution in [0.3, 0.4) is 0 Å². The summed E-state index contributed by atoms with van der Waals surface area (Å²) in [5.74, 6) is -0.488. The largest absolute Gasteiger partial charge is 0.477 e. The monoisotopic (exact) mass is 567 g/mol. The first-order valence-corrected chi connectivity index (χ1v) is 14.0. The van der Waals surface area contributed by atoms with Gasteiger partial charge in [-0.1, -0.05) is 0 Å². The van der Waals surface area contributed by atoms with Crippen molar-refractivity contribution in [3.63, 3.8) is 0 Å². The quantitative estimate of drug-likeness (QED) is 0.292. The number of nitrogens with zero attached hydrogens (tertiary/aromatic N) is 5. The number of carboxylic acids is 1. The van der Waals surface area contributed by atoms with Gasteiger partial charge < -0.3 is 35.2 Å². The third kappa shape index (κ3) is 5.18. The molecule has 1 amide bonds. The van der Waals surface area contributed by atoms with Crippen LogP contribution in [0.25, 0.3) is 0 Å². The molecule has 1 fully saturated rings. The molecule has 5 heterocycles. The van der Waals surface area contributed by atoms with Crippen LogP contribution in [0.1, 0.15) is 26.3 Å². The van der Waals surface area contributed by atoms with Gasteiger partial charge in [0, 0.05) is 74.5 Å². The highest BCUT2D eigenvalue weighted by atomic mass is 32.2. The first kappa shape index (κ1) is 27.7. The minimum atomic E-state index is -1.28. The maximum atomic E-state index is 13.3. The van der Waals surface area contributed by atoms with Gasteiger partial charge in [0.1, 0.15) is 23.4 Å². The number of aromatic nitrogens is 1. The van der Waals surface area contributed by atoms with E-state index in [-0.39, 0.29) is 23.4 Å². The van der Waals surface area contributed by atoms with Crippen LogP contribution in [-0.2, 0) is 19.1 Å². The molecular formula is C27H33N7O5S. The predicted octanol–water partition coefficient (Wildman–Crippen LogP) is 1.12. The van der Waals surface area contributed by atoms with E-state index < -0.39 is 23.4 Å². The van der Waals surface area contributed by atoms with Gasteiger partial charge >= 0.3 is 5.97 Å². The number of ketones is 1. The molecule has 3 N–H and O–H groups in total. The molecule has 0 aliphatic carbocycles. The Bertz CT molecular complexity index is 1320. The smallest absolute Gasteiger partial charge is 0.341 e. The first-order chi connectivity index (χ1) is 19.2. The van der Waals surface area contributed by atoms with E-state index in [2.05, 4.69) is 24.9 Å². The summed E-state index contributed by atoms with van der Waals surface area (Å²) in [7, 11) is 1.88. The minimum absolute atomic E-state index is 0.0135. The molecule has 13 heteroatoms. The van der Waals surface area contributed by atoms with Gasteiger partial charge in [-0.2, -0.15) is 4.40 Å². The lowest BCUT2D eigenvalue weighted by molar-refractivity contribution is -0.134. The Labute approximate surface area is 237 Å². The fourth-order valence-electron chi connectivity index (χ4n) is 5.11. The molecule has 0 bridgehead atoms. The molecule has 4 aliphatic rings. The van der Waals surface area contributed by atoms with Crippen LogP contribution >= 0.6 is 11.9 Å². The summed E-state index contributed by atoms with van der Waals surface area (Å²) < 4.78 is 10.0. The second-order valence-electron chi connectivity index (χ2n) is 10.2. The summed E-state index contributed by atoms with van der Waals surface area (Å²) in [6.07, 6.45) is 6.05. The zero-order valence-electron chi connectivity index (χ0n) is 22.8. The van der Waals surface area contributed by atoms with Gasteiger partial charge in [0.25, 0.3) is 0 Å². The summed E-state index contributed by atoms with van der Waals surface area (Å²) in [6, 6.07) is 3.67. The molecule has 1 aromatic rings. The number of amidine groups is 1. The number of ether oxygens (including phenoxy) is 1. The highest BCUT2D eigenvalue weighted by Crippen LogP contribution is 2.38. The number of Topliss-reactive ketones (excluding diaryl/α,β-unsaturated/α-hetero) is 1. The van der Waals surface area contributed by atoms with Crippen LogP contribution in [0.4, 0.5) is 0 Å². The molecule has 3 atom stereocenters. The Morgan fingerprint density at radius 1 is 1.35 bits per heavy atom. The third-order valence-corrected chi connectivity index (χ3v) is 8.29. The Morgan fingerprint density at radius 3 is 2.80 bits per heavy atom. The fourth-order valence-corrected chi connectivity index (χ4v) is 6.07. The predicted molar refractivity (Wildman–Crippen MR) is 149 cm³/mol. The van der Waals surface area contributed by atoms with Crippen LogP contribution < -0.4 is 10.6 Å². The first-order valence-electron chi connectivity index (χ1n) is 13.2. The number of aliphatic carboxylic acids is 1. The molecule has 4 aliphatic heterocycles. The van der Waals surface area contributed by atoms with Crippen molar-refractivity contribution < 1.29 is 24.2 Å². The molecule has 212 valence electrons. The lowest BCUT2D eigenvalue weighted by atomic mass is 9.90. The van der Waals surface area contributed by atoms with Gasteiger partial charge in [0.05, 0.1) is 12.5 Å². The van der Waals surface area contributed by atoms with E-state index in [0.29, 0.717) is 43.3 Å². The molecule has 0 radical (unpaired) electrons. The summed E-state index contributed by atoms with van der Waals surface area (Å²) in [6.45, 7) is 7.76. The standard InChI is InChI=1S/C27H33N7O5S/c1-5-39-14-16(3)29-25(36)18-11-33(12-18)20-9-15(2)21-22(35)19(26(37)38)13-34(24(21)30-20)27-32(4)23(31-40-27)17-7-6-8-28-10-17/h6-10,13,16,18,24,27,30H,5,11-12,14H2,1-4H3,(H,29,36)(H,37,38)/t16-,24?,27?/m1/s1. The molecule has 0 aromatic carbocycles. The molecule has 0 spiro atoms. The van der Waals surface area contributed by atoms with Crippen molar-refractivity contribution in [3.05, 3.63) is 64.9 Å². The van der Waals surface area contributed by atoms with Crippen molar-refractivity contribution in [1.82, 2.24) is 30.3 Å². The maximum Gasteiger partial charge on any atom is 0.341 e. The van der Waals surface area contributed by atoms with Crippen LogP contribution in [0.15, 0.2) is 63.7 Å². The zero-order valence-corrected chi connectivity index (χ0v) is 23.6. The second-order valence-corrected chi connectivity index (χ2v) is 11.0. The number of fused-ring (bicyclic) bond motifs is 1. The molecule has 1 saturated heterocycles. The maximum absolute atomic E-state index is 13.3. The fraction of sp³-hybridized carbons (Fsp3) is 0.444. The van der Waals surface area contributed by atoms with Crippen LogP contribution in [0.2, 0.25) is 0 Å². The zero-order chi connectivity index (χ0) is 28.6. The van der Waals surface area contributed by atoms with Crippen LogP contribution in [-0.4, -0.2) is 99.3 Å². The average Bonchev–Trinajstić information content (AvgIpc) is 3.27. The number of hydrogen-bond donors (Lipinski definition) is 3. The van der Waals surface area contributed by atoms with Crippen molar-refractivity contribution in [1.29, 1.82) is 0 Å². The van der Waals surface area contributed by atoms with Gasteiger partial charge in [-0.3, -0.25) is 14.6 Å². The number of carbonyl (C=O) groups is 3. The van der Waals surface area contributed by atoms with E-state index in [1.807, 2.05) is 55.8 Å². The van der Waals surface area contributed by atoms with Crippen molar-refractivity contribution in [2.75, 3.05) is 33.4 Å². The minimum Gasteiger partial charge on any atom is -0.477 e. The van der Waals surface area contributed by atoms with E-state index in [9.17, 15) is 19.5 Å². The van der Waals surface area contributed by atoms with Gasteiger partial charge in [0.15, 0.2) is 5.50 Å². The Kier molecular flexibility index (Phi) is 7.86. The molecular weight excluding hydrogens is 534 g/mol. The lowest BCUT2D eigenvalue weighted by Gasteiger charge is -2.48. The third-order valence-electron chi connectivity index (χ3n) is 7.26. The van der Waals surface area contributed by atoms with E-state index in [4.69, 9.17) is 4.74 Å². The molecule has 5 rings (SSSR count). The molecule has 12 nitrogen and oxygen atoms in total. The van der Waals surface area contributed by atoms with Gasteiger partial charge in [-0.05, 0) is 44.6 Å². The Morgan fingerprint density at radius 2 is 2.12 bits per heavy atom. The van der Waals surface area contributed by atoms with Crippen molar-refractivity contribution >= 4 is 35.4 Å². The van der Waals surface area contributed by atoms with Crippen LogP contribution in [0, 0.1) is 5.92 Å². The van der Waals surface area contributed by atoms with E-state index in [0.717, 1.165) is 11.4 Å². The number of rotatable bonds is 9. The summed E-state index contributed by atoms with van der Waals surface area (Å²) in [5.41, 5.74) is 1.18. The van der Waals surface area contributed by atoms with Crippen molar-refractivity contribution in [2.45, 2.75) is 38.5 Å². The number of carbonyl (C=O) groups excluding carboxylic acids is 2. The average molecular weight is 568 g/mol. The van der Waals surface area contributed by atoms with E-state index in [1.54, 1.807) is 12.4 Å². The normalized spacial score (nSPS) is 23.6.